The predicted octanol–water partition coefficient (Wildman–Crippen LogP) is 3.36. The fraction of sp³-hybridized carbons (Fsp3) is 0.333. The van der Waals surface area contributed by atoms with Gasteiger partial charge in [0.15, 0.2) is 0 Å². The highest BCUT2D eigenvalue weighted by atomic mass is 79.9. The van der Waals surface area contributed by atoms with E-state index in [0.29, 0.717) is 24.3 Å². The summed E-state index contributed by atoms with van der Waals surface area (Å²) in [6.45, 7) is 2.40. The highest BCUT2D eigenvalue weighted by Gasteiger charge is 2.00. The minimum Gasteiger partial charge on any atom is -0.494 e. The molecule has 1 nitrogen and oxygen atoms in total. The summed E-state index contributed by atoms with van der Waals surface area (Å²) in [5.41, 5.74) is 0.416. The van der Waals surface area contributed by atoms with Gasteiger partial charge in [-0.2, -0.15) is 0 Å². The van der Waals surface area contributed by atoms with E-state index in [1.807, 2.05) is 6.92 Å². The Morgan fingerprint density at radius 3 is 2.87 bits per heavy atom. The first kappa shape index (κ1) is 12.1. The monoisotopic (exact) mass is 270 g/mol. The molecule has 0 heterocycles. The van der Waals surface area contributed by atoms with Crippen molar-refractivity contribution in [3.05, 3.63) is 29.6 Å². The quantitative estimate of drug-likeness (QED) is 0.605. The molecule has 15 heavy (non-hydrogen) atoms. The molecule has 0 N–H and O–H groups in total. The van der Waals surface area contributed by atoms with Crippen LogP contribution in [0.15, 0.2) is 18.2 Å². The standard InChI is InChI=1S/C12H12BrFO/c1-2-15-11-7-6-10(12(14)9-11)5-3-4-8-13/h6-7,9H,2,4,8H2,1H3. The summed E-state index contributed by atoms with van der Waals surface area (Å²) in [5.74, 6) is 5.85. The Hall–Kier alpha value is -1.01. The van der Waals surface area contributed by atoms with Crippen molar-refractivity contribution in [1.29, 1.82) is 0 Å². The summed E-state index contributed by atoms with van der Waals surface area (Å²) in [6, 6.07) is 4.73. The van der Waals surface area contributed by atoms with Gasteiger partial charge in [-0.3, -0.25) is 0 Å². The van der Waals surface area contributed by atoms with Crippen LogP contribution in [0.5, 0.6) is 5.75 Å². The Morgan fingerprint density at radius 2 is 2.27 bits per heavy atom. The summed E-state index contributed by atoms with van der Waals surface area (Å²) in [6.07, 6.45) is 0.715. The van der Waals surface area contributed by atoms with E-state index >= 15 is 0 Å². The molecule has 1 rings (SSSR count). The number of alkyl halides is 1. The van der Waals surface area contributed by atoms with E-state index in [0.717, 1.165) is 5.33 Å². The van der Waals surface area contributed by atoms with Crippen LogP contribution in [0.2, 0.25) is 0 Å². The molecule has 0 bridgehead atoms. The lowest BCUT2D eigenvalue weighted by Gasteiger charge is -2.02. The van der Waals surface area contributed by atoms with Crippen LogP contribution in [0.25, 0.3) is 0 Å². The molecule has 0 unspecified atom stereocenters. The zero-order valence-electron chi connectivity index (χ0n) is 8.52. The Labute approximate surface area is 97.8 Å². The van der Waals surface area contributed by atoms with Gasteiger partial charge in [-0.1, -0.05) is 27.8 Å². The van der Waals surface area contributed by atoms with Gasteiger partial charge in [0, 0.05) is 17.8 Å². The fourth-order valence-electron chi connectivity index (χ4n) is 1.06. The minimum absolute atomic E-state index is 0.331. The number of benzene rings is 1. The maximum absolute atomic E-state index is 13.4. The molecule has 0 saturated heterocycles. The third-order valence-corrected chi connectivity index (χ3v) is 2.09. The largest absolute Gasteiger partial charge is 0.494 e. The van der Waals surface area contributed by atoms with Crippen molar-refractivity contribution in [2.75, 3.05) is 11.9 Å². The van der Waals surface area contributed by atoms with Crippen LogP contribution in [0.3, 0.4) is 0 Å². The van der Waals surface area contributed by atoms with Gasteiger partial charge in [0.2, 0.25) is 0 Å². The first-order valence-corrected chi connectivity index (χ1v) is 5.87. The lowest BCUT2D eigenvalue weighted by molar-refractivity contribution is 0.338. The second kappa shape index (κ2) is 6.47. The number of hydrogen-bond donors (Lipinski definition) is 0. The molecule has 0 aliphatic rings. The maximum atomic E-state index is 13.4. The van der Waals surface area contributed by atoms with E-state index < -0.39 is 0 Å². The smallest absolute Gasteiger partial charge is 0.142 e. The van der Waals surface area contributed by atoms with Crippen molar-refractivity contribution in [3.8, 4) is 17.6 Å². The van der Waals surface area contributed by atoms with E-state index in [2.05, 4.69) is 27.8 Å². The van der Waals surface area contributed by atoms with Gasteiger partial charge < -0.3 is 4.74 Å². The SMILES string of the molecule is CCOc1ccc(C#CCCBr)c(F)c1. The van der Waals surface area contributed by atoms with Gasteiger partial charge in [0.05, 0.1) is 12.2 Å². The average molecular weight is 271 g/mol. The normalized spacial score (nSPS) is 9.27. The van der Waals surface area contributed by atoms with Gasteiger partial charge >= 0.3 is 0 Å². The molecule has 0 saturated carbocycles. The van der Waals surface area contributed by atoms with E-state index in [4.69, 9.17) is 4.74 Å². The van der Waals surface area contributed by atoms with E-state index in [-0.39, 0.29) is 5.82 Å². The van der Waals surface area contributed by atoms with Gasteiger partial charge in [0.25, 0.3) is 0 Å². The van der Waals surface area contributed by atoms with Crippen LogP contribution in [-0.4, -0.2) is 11.9 Å². The third-order valence-electron chi connectivity index (χ3n) is 1.69. The average Bonchev–Trinajstić information content (AvgIpc) is 2.22. The molecule has 0 aliphatic heterocycles. The van der Waals surface area contributed by atoms with Crippen LogP contribution < -0.4 is 4.74 Å². The molecule has 0 amide bonds. The summed E-state index contributed by atoms with van der Waals surface area (Å²) in [7, 11) is 0. The van der Waals surface area contributed by atoms with Gasteiger partial charge in [-0.15, -0.1) is 0 Å². The van der Waals surface area contributed by atoms with Gasteiger partial charge in [-0.25, -0.2) is 4.39 Å². The van der Waals surface area contributed by atoms with Crippen molar-refractivity contribution in [2.24, 2.45) is 0 Å². The van der Waals surface area contributed by atoms with Crippen molar-refractivity contribution < 1.29 is 9.13 Å². The van der Waals surface area contributed by atoms with Crippen LogP contribution in [0.1, 0.15) is 18.9 Å². The molecule has 80 valence electrons. The van der Waals surface area contributed by atoms with E-state index in [1.54, 1.807) is 12.1 Å². The van der Waals surface area contributed by atoms with Gasteiger partial charge in [-0.05, 0) is 19.1 Å². The Kier molecular flexibility index (Phi) is 5.20. The van der Waals surface area contributed by atoms with Crippen LogP contribution in [0, 0.1) is 17.7 Å². The summed E-state index contributed by atoms with van der Waals surface area (Å²) >= 11 is 3.26. The predicted molar refractivity (Wildman–Crippen MR) is 62.9 cm³/mol. The molecule has 0 fully saturated rings. The number of hydrogen-bond acceptors (Lipinski definition) is 1. The molecule has 1 aromatic carbocycles. The van der Waals surface area contributed by atoms with E-state index in [9.17, 15) is 4.39 Å². The molecular weight excluding hydrogens is 259 g/mol. The third kappa shape index (κ3) is 3.93. The molecule has 0 spiro atoms. The Morgan fingerprint density at radius 1 is 1.47 bits per heavy atom. The lowest BCUT2D eigenvalue weighted by Crippen LogP contribution is -1.93. The summed E-state index contributed by atoms with van der Waals surface area (Å²) in [4.78, 5) is 0. The number of halogens is 2. The summed E-state index contributed by atoms with van der Waals surface area (Å²) < 4.78 is 18.6. The van der Waals surface area contributed by atoms with Crippen molar-refractivity contribution in [1.82, 2.24) is 0 Å². The first-order chi connectivity index (χ1) is 7.27. The highest BCUT2D eigenvalue weighted by molar-refractivity contribution is 9.09. The van der Waals surface area contributed by atoms with Crippen molar-refractivity contribution in [3.63, 3.8) is 0 Å². The lowest BCUT2D eigenvalue weighted by atomic mass is 10.2. The summed E-state index contributed by atoms with van der Waals surface area (Å²) in [5, 5.41) is 0.804. The highest BCUT2D eigenvalue weighted by Crippen LogP contribution is 2.15. The van der Waals surface area contributed by atoms with Crippen molar-refractivity contribution in [2.45, 2.75) is 13.3 Å². The van der Waals surface area contributed by atoms with Crippen LogP contribution in [0.4, 0.5) is 4.39 Å². The Bertz CT molecular complexity index is 379. The van der Waals surface area contributed by atoms with Gasteiger partial charge in [0.1, 0.15) is 11.6 Å². The second-order valence-electron chi connectivity index (χ2n) is 2.82. The zero-order valence-corrected chi connectivity index (χ0v) is 10.1. The van der Waals surface area contributed by atoms with E-state index in [1.165, 1.54) is 6.07 Å². The maximum Gasteiger partial charge on any atom is 0.142 e. The van der Waals surface area contributed by atoms with Crippen LogP contribution in [-0.2, 0) is 0 Å². The molecule has 3 heteroatoms. The first-order valence-electron chi connectivity index (χ1n) is 4.75. The zero-order chi connectivity index (χ0) is 11.1. The topological polar surface area (TPSA) is 9.23 Å². The molecule has 0 atom stereocenters. The van der Waals surface area contributed by atoms with Crippen molar-refractivity contribution >= 4 is 15.9 Å². The second-order valence-corrected chi connectivity index (χ2v) is 3.61. The molecule has 0 aliphatic carbocycles. The number of ether oxygens (including phenoxy) is 1. The molecule has 1 aromatic rings. The molecule has 0 aromatic heterocycles. The molecular formula is C12H12BrFO. The molecule has 0 radical (unpaired) electrons. The number of rotatable bonds is 3. The Balaban J connectivity index is 2.80. The minimum atomic E-state index is -0.331. The van der Waals surface area contributed by atoms with Crippen LogP contribution >= 0.6 is 15.9 Å². The fourth-order valence-corrected chi connectivity index (χ4v) is 1.26.